The molecule has 0 bridgehead atoms. The molecule has 5 nitrogen and oxygen atoms in total. The maximum Gasteiger partial charge on any atom is 0.338 e. The highest BCUT2D eigenvalue weighted by atomic mass is 35.5. The van der Waals surface area contributed by atoms with Crippen LogP contribution in [0.3, 0.4) is 0 Å². The van der Waals surface area contributed by atoms with Crippen LogP contribution in [-0.4, -0.2) is 16.9 Å². The van der Waals surface area contributed by atoms with Crippen molar-refractivity contribution in [2.45, 2.75) is 27.4 Å². The van der Waals surface area contributed by atoms with Gasteiger partial charge in [0.25, 0.3) is 0 Å². The number of hydrogen-bond donors (Lipinski definition) is 0. The van der Waals surface area contributed by atoms with Gasteiger partial charge in [0.05, 0.1) is 27.0 Å². The normalized spacial score (nSPS) is 10.7. The minimum Gasteiger partial charge on any atom is -0.456 e. The van der Waals surface area contributed by atoms with Gasteiger partial charge in [-0.15, -0.1) is 11.3 Å². The number of aromatic nitrogens is 1. The molecular formula is C21H18Cl2N2O3S. The monoisotopic (exact) mass is 448 g/mol. The number of benzene rings is 2. The Morgan fingerprint density at radius 2 is 1.86 bits per heavy atom. The zero-order chi connectivity index (χ0) is 21.1. The van der Waals surface area contributed by atoms with Crippen molar-refractivity contribution in [2.24, 2.45) is 0 Å². The topological polar surface area (TPSA) is 59.5 Å². The molecule has 0 atom stereocenters. The number of halogens is 2. The zero-order valence-electron chi connectivity index (χ0n) is 16.0. The van der Waals surface area contributed by atoms with Crippen molar-refractivity contribution in [3.63, 3.8) is 0 Å². The van der Waals surface area contributed by atoms with Gasteiger partial charge in [-0.1, -0.05) is 40.9 Å². The van der Waals surface area contributed by atoms with Crippen LogP contribution < -0.4 is 4.90 Å². The number of carbonyl (C=O) groups excluding carboxylic acids is 2. The van der Waals surface area contributed by atoms with Gasteiger partial charge in [0.15, 0.2) is 5.13 Å². The Labute approximate surface area is 182 Å². The number of carbonyl (C=O) groups is 2. The molecule has 1 aromatic heterocycles. The third kappa shape index (κ3) is 4.96. The van der Waals surface area contributed by atoms with E-state index in [0.717, 1.165) is 16.8 Å². The molecular weight excluding hydrogens is 431 g/mol. The zero-order valence-corrected chi connectivity index (χ0v) is 18.4. The standard InChI is InChI=1S/C21H18Cl2N2O3S/c1-12-4-7-19(13(2)8-12)25(14(3)26)21-24-16(11-29-21)10-28-20(27)15-5-6-17(22)18(23)9-15/h4-9,11H,10H2,1-3H3. The van der Waals surface area contributed by atoms with E-state index in [1.165, 1.54) is 30.4 Å². The van der Waals surface area contributed by atoms with Crippen molar-refractivity contribution in [3.8, 4) is 0 Å². The highest BCUT2D eigenvalue weighted by Gasteiger charge is 2.20. The first kappa shape index (κ1) is 21.3. The first-order chi connectivity index (χ1) is 13.8. The van der Waals surface area contributed by atoms with Gasteiger partial charge in [-0.2, -0.15) is 0 Å². The number of esters is 1. The summed E-state index contributed by atoms with van der Waals surface area (Å²) in [5, 5.41) is 2.92. The van der Waals surface area contributed by atoms with Crippen LogP contribution in [0.15, 0.2) is 41.8 Å². The smallest absolute Gasteiger partial charge is 0.338 e. The van der Waals surface area contributed by atoms with Crippen LogP contribution in [0.5, 0.6) is 0 Å². The van der Waals surface area contributed by atoms with E-state index in [9.17, 15) is 9.59 Å². The number of hydrogen-bond acceptors (Lipinski definition) is 5. The summed E-state index contributed by atoms with van der Waals surface area (Å²) in [7, 11) is 0. The molecule has 3 aromatic rings. The molecule has 0 aliphatic carbocycles. The molecule has 29 heavy (non-hydrogen) atoms. The Kier molecular flexibility index (Phi) is 6.57. The maximum absolute atomic E-state index is 12.3. The van der Waals surface area contributed by atoms with E-state index in [1.54, 1.807) is 16.3 Å². The molecule has 0 radical (unpaired) electrons. The van der Waals surface area contributed by atoms with Gasteiger partial charge in [-0.25, -0.2) is 9.78 Å². The molecule has 0 fully saturated rings. The molecule has 0 spiro atoms. The van der Waals surface area contributed by atoms with Crippen LogP contribution in [0.2, 0.25) is 10.0 Å². The van der Waals surface area contributed by atoms with E-state index in [2.05, 4.69) is 4.98 Å². The summed E-state index contributed by atoms with van der Waals surface area (Å²) in [6, 6.07) is 10.4. The van der Waals surface area contributed by atoms with E-state index in [0.29, 0.717) is 21.4 Å². The maximum atomic E-state index is 12.3. The molecule has 0 aliphatic rings. The Morgan fingerprint density at radius 1 is 1.10 bits per heavy atom. The molecule has 150 valence electrons. The minimum absolute atomic E-state index is 0.0196. The average Bonchev–Trinajstić information content (AvgIpc) is 3.12. The fourth-order valence-corrected chi connectivity index (χ4v) is 3.94. The largest absolute Gasteiger partial charge is 0.456 e. The second kappa shape index (κ2) is 8.95. The van der Waals surface area contributed by atoms with Crippen LogP contribution in [0, 0.1) is 13.8 Å². The van der Waals surface area contributed by atoms with Crippen molar-refractivity contribution >= 4 is 57.2 Å². The molecule has 3 rings (SSSR count). The quantitative estimate of drug-likeness (QED) is 0.441. The third-order valence-electron chi connectivity index (χ3n) is 4.15. The molecule has 0 aliphatic heterocycles. The van der Waals surface area contributed by atoms with Crippen molar-refractivity contribution in [1.29, 1.82) is 0 Å². The number of thiazole rings is 1. The summed E-state index contributed by atoms with van der Waals surface area (Å²) >= 11 is 13.1. The lowest BCUT2D eigenvalue weighted by atomic mass is 10.1. The summed E-state index contributed by atoms with van der Waals surface area (Å²) in [4.78, 5) is 30.5. The van der Waals surface area contributed by atoms with Gasteiger partial charge in [0.1, 0.15) is 6.61 Å². The number of anilines is 2. The highest BCUT2D eigenvalue weighted by Crippen LogP contribution is 2.32. The van der Waals surface area contributed by atoms with Crippen molar-refractivity contribution in [3.05, 3.63) is 74.2 Å². The van der Waals surface area contributed by atoms with E-state index in [1.807, 2.05) is 32.0 Å². The summed E-state index contributed by atoms with van der Waals surface area (Å²) in [5.74, 6) is -0.679. The second-order valence-electron chi connectivity index (χ2n) is 6.47. The average molecular weight is 449 g/mol. The lowest BCUT2D eigenvalue weighted by Gasteiger charge is -2.20. The molecule has 0 saturated carbocycles. The number of amides is 1. The molecule has 2 aromatic carbocycles. The van der Waals surface area contributed by atoms with Crippen LogP contribution in [0.25, 0.3) is 0 Å². The molecule has 1 heterocycles. The number of nitrogens with zero attached hydrogens (tertiary/aromatic N) is 2. The SMILES string of the molecule is CC(=O)N(c1nc(COC(=O)c2ccc(Cl)c(Cl)c2)cs1)c1ccc(C)cc1C. The molecule has 8 heteroatoms. The van der Waals surface area contributed by atoms with Gasteiger partial charge in [0.2, 0.25) is 5.91 Å². The van der Waals surface area contributed by atoms with Crippen LogP contribution >= 0.6 is 34.5 Å². The predicted molar refractivity (Wildman–Crippen MR) is 116 cm³/mol. The number of rotatable bonds is 5. The van der Waals surface area contributed by atoms with Gasteiger partial charge in [0, 0.05) is 12.3 Å². The number of ether oxygens (including phenoxy) is 1. The summed E-state index contributed by atoms with van der Waals surface area (Å²) in [6.07, 6.45) is 0. The third-order valence-corrected chi connectivity index (χ3v) is 5.76. The van der Waals surface area contributed by atoms with Crippen LogP contribution in [0.1, 0.15) is 34.1 Å². The van der Waals surface area contributed by atoms with Crippen LogP contribution in [0.4, 0.5) is 10.8 Å². The van der Waals surface area contributed by atoms with Gasteiger partial charge >= 0.3 is 5.97 Å². The fourth-order valence-electron chi connectivity index (χ4n) is 2.77. The molecule has 0 N–H and O–H groups in total. The second-order valence-corrected chi connectivity index (χ2v) is 8.12. The lowest BCUT2D eigenvalue weighted by molar-refractivity contribution is -0.115. The Morgan fingerprint density at radius 3 is 2.52 bits per heavy atom. The summed E-state index contributed by atoms with van der Waals surface area (Å²) < 4.78 is 5.31. The molecule has 0 unspecified atom stereocenters. The van der Waals surface area contributed by atoms with Crippen molar-refractivity contribution in [2.75, 3.05) is 4.90 Å². The minimum atomic E-state index is -0.532. The first-order valence-electron chi connectivity index (χ1n) is 8.71. The van der Waals surface area contributed by atoms with Gasteiger partial charge < -0.3 is 4.74 Å². The van der Waals surface area contributed by atoms with E-state index >= 15 is 0 Å². The van der Waals surface area contributed by atoms with E-state index in [4.69, 9.17) is 27.9 Å². The number of aryl methyl sites for hydroxylation is 2. The molecule has 0 saturated heterocycles. The Hall–Kier alpha value is -2.41. The first-order valence-corrected chi connectivity index (χ1v) is 10.3. The van der Waals surface area contributed by atoms with Crippen molar-refractivity contribution < 1.29 is 14.3 Å². The van der Waals surface area contributed by atoms with Crippen LogP contribution in [-0.2, 0) is 16.1 Å². The van der Waals surface area contributed by atoms with E-state index in [-0.39, 0.29) is 17.5 Å². The van der Waals surface area contributed by atoms with Crippen molar-refractivity contribution in [1.82, 2.24) is 4.98 Å². The Bertz CT molecular complexity index is 1080. The summed E-state index contributed by atoms with van der Waals surface area (Å²) in [6.45, 7) is 5.42. The Balaban J connectivity index is 1.75. The van der Waals surface area contributed by atoms with E-state index < -0.39 is 5.97 Å². The van der Waals surface area contributed by atoms with Gasteiger partial charge in [-0.05, 0) is 43.7 Å². The highest BCUT2D eigenvalue weighted by molar-refractivity contribution is 7.14. The fraction of sp³-hybridized carbons (Fsp3) is 0.190. The van der Waals surface area contributed by atoms with Gasteiger partial charge in [-0.3, -0.25) is 9.69 Å². The summed E-state index contributed by atoms with van der Waals surface area (Å²) in [5.41, 5.74) is 3.72. The predicted octanol–water partition coefficient (Wildman–Crippen LogP) is 6.11. The lowest BCUT2D eigenvalue weighted by Crippen LogP contribution is -2.23. The molecule has 1 amide bonds.